The third kappa shape index (κ3) is 2.97. The highest BCUT2D eigenvalue weighted by molar-refractivity contribution is 5.93. The fourth-order valence-corrected chi connectivity index (χ4v) is 2.59. The summed E-state index contributed by atoms with van der Waals surface area (Å²) in [6.45, 7) is 3.63. The van der Waals surface area contributed by atoms with Gasteiger partial charge in [0.15, 0.2) is 0 Å². The number of aromatic nitrogens is 1. The first-order valence-electron chi connectivity index (χ1n) is 7.05. The van der Waals surface area contributed by atoms with Crippen LogP contribution >= 0.6 is 0 Å². The van der Waals surface area contributed by atoms with E-state index in [2.05, 4.69) is 14.8 Å². The first kappa shape index (κ1) is 13.4. The van der Waals surface area contributed by atoms with Gasteiger partial charge < -0.3 is 15.5 Å². The van der Waals surface area contributed by atoms with Gasteiger partial charge in [-0.15, -0.1) is 0 Å². The molecule has 21 heavy (non-hydrogen) atoms. The molecule has 0 radical (unpaired) electrons. The Morgan fingerprint density at radius 1 is 1.00 bits per heavy atom. The molecule has 1 aromatic carbocycles. The van der Waals surface area contributed by atoms with Gasteiger partial charge in [-0.05, 0) is 30.3 Å². The van der Waals surface area contributed by atoms with Crippen molar-refractivity contribution in [3.05, 3.63) is 54.2 Å². The van der Waals surface area contributed by atoms with Crippen molar-refractivity contribution in [2.75, 3.05) is 36.0 Å². The van der Waals surface area contributed by atoms with Crippen molar-refractivity contribution in [2.24, 2.45) is 5.73 Å². The van der Waals surface area contributed by atoms with Crippen LogP contribution in [-0.2, 0) is 0 Å². The zero-order chi connectivity index (χ0) is 14.7. The van der Waals surface area contributed by atoms with Gasteiger partial charge in [0, 0.05) is 43.6 Å². The minimum Gasteiger partial charge on any atom is -0.368 e. The largest absolute Gasteiger partial charge is 0.368 e. The number of nitrogens with zero attached hydrogens (tertiary/aromatic N) is 3. The van der Waals surface area contributed by atoms with E-state index in [1.165, 1.54) is 0 Å². The molecule has 2 aromatic rings. The lowest BCUT2D eigenvalue weighted by Crippen LogP contribution is -2.46. The first-order valence-corrected chi connectivity index (χ1v) is 7.05. The predicted molar refractivity (Wildman–Crippen MR) is 83.6 cm³/mol. The number of hydrogen-bond donors (Lipinski definition) is 1. The number of pyridine rings is 1. The van der Waals surface area contributed by atoms with Crippen LogP contribution in [0.4, 0.5) is 11.5 Å². The summed E-state index contributed by atoms with van der Waals surface area (Å²) in [6, 6.07) is 13.5. The number of carbonyl (C=O) groups is 1. The number of nitrogens with two attached hydrogens (primary N) is 1. The van der Waals surface area contributed by atoms with Crippen molar-refractivity contribution in [1.82, 2.24) is 4.98 Å². The molecule has 1 aliphatic rings. The molecule has 108 valence electrons. The molecule has 1 amide bonds. The molecule has 1 saturated heterocycles. The highest BCUT2D eigenvalue weighted by Gasteiger charge is 2.18. The average Bonchev–Trinajstić information content (AvgIpc) is 2.56. The number of benzene rings is 1. The second-order valence-electron chi connectivity index (χ2n) is 5.08. The van der Waals surface area contributed by atoms with Gasteiger partial charge in [0.2, 0.25) is 5.91 Å². The Balaban J connectivity index is 1.68. The highest BCUT2D eigenvalue weighted by atomic mass is 16.1. The van der Waals surface area contributed by atoms with Crippen molar-refractivity contribution in [1.29, 1.82) is 0 Å². The lowest BCUT2D eigenvalue weighted by atomic mass is 10.1. The summed E-state index contributed by atoms with van der Waals surface area (Å²) in [5.41, 5.74) is 6.94. The molecule has 1 aromatic heterocycles. The first-order chi connectivity index (χ1) is 10.2. The molecule has 3 rings (SSSR count). The van der Waals surface area contributed by atoms with Crippen LogP contribution in [0.25, 0.3) is 0 Å². The molecule has 0 spiro atoms. The number of rotatable bonds is 3. The molecule has 0 atom stereocenters. The summed E-state index contributed by atoms with van der Waals surface area (Å²) in [5, 5.41) is 0. The lowest BCUT2D eigenvalue weighted by Gasteiger charge is -2.36. The van der Waals surface area contributed by atoms with Crippen LogP contribution in [0.15, 0.2) is 48.7 Å². The van der Waals surface area contributed by atoms with Gasteiger partial charge in [0.05, 0.1) is 0 Å². The van der Waals surface area contributed by atoms with Crippen molar-refractivity contribution in [3.63, 3.8) is 0 Å². The van der Waals surface area contributed by atoms with E-state index >= 15 is 0 Å². The molecular formula is C16H18N4O. The molecule has 2 heterocycles. The van der Waals surface area contributed by atoms with Gasteiger partial charge in [-0.25, -0.2) is 4.98 Å². The minimum absolute atomic E-state index is 0.385. The van der Waals surface area contributed by atoms with E-state index in [-0.39, 0.29) is 5.91 Å². The fourth-order valence-electron chi connectivity index (χ4n) is 2.59. The minimum atomic E-state index is -0.385. The van der Waals surface area contributed by atoms with Crippen LogP contribution in [0.2, 0.25) is 0 Å². The summed E-state index contributed by atoms with van der Waals surface area (Å²) in [7, 11) is 0. The fraction of sp³-hybridized carbons (Fsp3) is 0.250. The molecular weight excluding hydrogens is 264 g/mol. The zero-order valence-corrected chi connectivity index (χ0v) is 11.8. The van der Waals surface area contributed by atoms with Gasteiger partial charge in [-0.1, -0.05) is 12.1 Å². The van der Waals surface area contributed by atoms with Gasteiger partial charge >= 0.3 is 0 Å². The quantitative estimate of drug-likeness (QED) is 0.927. The molecule has 0 aliphatic carbocycles. The normalized spacial score (nSPS) is 15.0. The summed E-state index contributed by atoms with van der Waals surface area (Å²) in [5.74, 6) is 0.631. The summed E-state index contributed by atoms with van der Waals surface area (Å²) < 4.78 is 0. The van der Waals surface area contributed by atoms with Crippen LogP contribution < -0.4 is 15.5 Å². The Labute approximate surface area is 124 Å². The second kappa shape index (κ2) is 5.83. The smallest absolute Gasteiger partial charge is 0.248 e. The lowest BCUT2D eigenvalue weighted by molar-refractivity contribution is 0.100. The SMILES string of the molecule is NC(=O)c1cccc(N2CCN(c3ccccn3)CC2)c1. The molecule has 0 saturated carbocycles. The maximum Gasteiger partial charge on any atom is 0.248 e. The highest BCUT2D eigenvalue weighted by Crippen LogP contribution is 2.20. The van der Waals surface area contributed by atoms with E-state index < -0.39 is 0 Å². The zero-order valence-electron chi connectivity index (χ0n) is 11.8. The molecule has 1 aliphatic heterocycles. The van der Waals surface area contributed by atoms with Crippen LogP contribution in [0.1, 0.15) is 10.4 Å². The van der Waals surface area contributed by atoms with Crippen LogP contribution in [-0.4, -0.2) is 37.1 Å². The van der Waals surface area contributed by atoms with Crippen LogP contribution in [0.5, 0.6) is 0 Å². The number of carbonyl (C=O) groups excluding carboxylic acids is 1. The van der Waals surface area contributed by atoms with Gasteiger partial charge in [-0.3, -0.25) is 4.79 Å². The van der Waals surface area contributed by atoms with Crippen molar-refractivity contribution in [3.8, 4) is 0 Å². The monoisotopic (exact) mass is 282 g/mol. The van der Waals surface area contributed by atoms with Gasteiger partial charge in [0.25, 0.3) is 0 Å². The molecule has 0 unspecified atom stereocenters. The Bertz CT molecular complexity index is 621. The summed E-state index contributed by atoms with van der Waals surface area (Å²) in [4.78, 5) is 20.2. The van der Waals surface area contributed by atoms with Crippen molar-refractivity contribution < 1.29 is 4.79 Å². The van der Waals surface area contributed by atoms with E-state index in [0.29, 0.717) is 5.56 Å². The Morgan fingerprint density at radius 3 is 2.43 bits per heavy atom. The number of amides is 1. The number of primary amides is 1. The number of anilines is 2. The molecule has 1 fully saturated rings. The van der Waals surface area contributed by atoms with E-state index in [1.54, 1.807) is 6.07 Å². The van der Waals surface area contributed by atoms with Crippen molar-refractivity contribution in [2.45, 2.75) is 0 Å². The van der Waals surface area contributed by atoms with E-state index in [4.69, 9.17) is 5.73 Å². The molecule has 2 N–H and O–H groups in total. The number of piperazine rings is 1. The van der Waals surface area contributed by atoms with E-state index in [9.17, 15) is 4.79 Å². The number of hydrogen-bond acceptors (Lipinski definition) is 4. The standard InChI is InChI=1S/C16H18N4O/c17-16(21)13-4-3-5-14(12-13)19-8-10-20(11-9-19)15-6-1-2-7-18-15/h1-7,12H,8-11H2,(H2,17,21). The molecule has 0 bridgehead atoms. The average molecular weight is 282 g/mol. The van der Waals surface area contributed by atoms with E-state index in [0.717, 1.165) is 37.7 Å². The predicted octanol–water partition coefficient (Wildman–Crippen LogP) is 1.51. The van der Waals surface area contributed by atoms with Gasteiger partial charge in [0.1, 0.15) is 5.82 Å². The third-order valence-corrected chi connectivity index (χ3v) is 3.75. The summed E-state index contributed by atoms with van der Waals surface area (Å²) in [6.07, 6.45) is 1.82. The van der Waals surface area contributed by atoms with Crippen LogP contribution in [0, 0.1) is 0 Å². The second-order valence-corrected chi connectivity index (χ2v) is 5.08. The Morgan fingerprint density at radius 2 is 1.76 bits per heavy atom. The molecule has 5 nitrogen and oxygen atoms in total. The Kier molecular flexibility index (Phi) is 3.73. The van der Waals surface area contributed by atoms with E-state index in [1.807, 2.05) is 42.6 Å². The summed E-state index contributed by atoms with van der Waals surface area (Å²) >= 11 is 0. The topological polar surface area (TPSA) is 62.5 Å². The van der Waals surface area contributed by atoms with Crippen molar-refractivity contribution >= 4 is 17.4 Å². The Hall–Kier alpha value is -2.56. The maximum atomic E-state index is 11.3. The van der Waals surface area contributed by atoms with Crippen LogP contribution in [0.3, 0.4) is 0 Å². The maximum absolute atomic E-state index is 11.3. The third-order valence-electron chi connectivity index (χ3n) is 3.75. The van der Waals surface area contributed by atoms with Gasteiger partial charge in [-0.2, -0.15) is 0 Å². The molecule has 5 heteroatoms.